The highest BCUT2D eigenvalue weighted by Crippen LogP contribution is 2.25. The summed E-state index contributed by atoms with van der Waals surface area (Å²) in [5, 5.41) is 3.24. The summed E-state index contributed by atoms with van der Waals surface area (Å²) in [6.45, 7) is 0. The molecule has 0 bridgehead atoms. The highest BCUT2D eigenvalue weighted by atomic mass is 32.2. The molecule has 0 aliphatic heterocycles. The third kappa shape index (κ3) is 3.16. The summed E-state index contributed by atoms with van der Waals surface area (Å²) in [6, 6.07) is 13.4. The molecule has 1 heterocycles. The van der Waals surface area contributed by atoms with Gasteiger partial charge in [-0.05, 0) is 36.4 Å². The molecular weight excluding hydrogens is 346 g/mol. The predicted molar refractivity (Wildman–Crippen MR) is 94.9 cm³/mol. The standard InChI is InChI=1S/C16H15N3O3S2/c1-19(2)24(21,22)12-9-7-11(8-10-12)15(20)18-16-17-13-5-3-4-6-14(13)23-16/h3-10H,1-2H3,(H,17,18,20). The number of sulfonamides is 1. The maximum atomic E-state index is 12.3. The van der Waals surface area contributed by atoms with Crippen LogP contribution in [0.5, 0.6) is 0 Å². The zero-order valence-corrected chi connectivity index (χ0v) is 14.7. The molecule has 24 heavy (non-hydrogen) atoms. The van der Waals surface area contributed by atoms with Crippen molar-refractivity contribution in [2.75, 3.05) is 19.4 Å². The Hall–Kier alpha value is -2.29. The average molecular weight is 361 g/mol. The monoisotopic (exact) mass is 361 g/mol. The van der Waals surface area contributed by atoms with Gasteiger partial charge in [0.1, 0.15) is 0 Å². The van der Waals surface area contributed by atoms with Crippen LogP contribution in [0.15, 0.2) is 53.4 Å². The third-order valence-electron chi connectivity index (χ3n) is 3.41. The summed E-state index contributed by atoms with van der Waals surface area (Å²) in [5.74, 6) is -0.331. The van der Waals surface area contributed by atoms with E-state index in [1.165, 1.54) is 49.7 Å². The van der Waals surface area contributed by atoms with Crippen molar-refractivity contribution in [1.29, 1.82) is 0 Å². The van der Waals surface area contributed by atoms with Crippen molar-refractivity contribution < 1.29 is 13.2 Å². The normalized spacial score (nSPS) is 11.8. The van der Waals surface area contributed by atoms with Crippen molar-refractivity contribution in [2.45, 2.75) is 4.90 Å². The molecule has 0 saturated carbocycles. The molecule has 124 valence electrons. The number of carbonyl (C=O) groups is 1. The van der Waals surface area contributed by atoms with Gasteiger partial charge in [-0.3, -0.25) is 10.1 Å². The van der Waals surface area contributed by atoms with Gasteiger partial charge in [-0.15, -0.1) is 0 Å². The third-order valence-corrected chi connectivity index (χ3v) is 6.19. The Kier molecular flexibility index (Phi) is 4.35. The van der Waals surface area contributed by atoms with Crippen molar-refractivity contribution in [3.63, 3.8) is 0 Å². The van der Waals surface area contributed by atoms with E-state index in [9.17, 15) is 13.2 Å². The number of para-hydroxylation sites is 1. The van der Waals surface area contributed by atoms with E-state index >= 15 is 0 Å². The molecule has 6 nitrogen and oxygen atoms in total. The van der Waals surface area contributed by atoms with Crippen molar-refractivity contribution >= 4 is 42.6 Å². The van der Waals surface area contributed by atoms with Crippen LogP contribution < -0.4 is 5.32 Å². The number of hydrogen-bond donors (Lipinski definition) is 1. The fourth-order valence-electron chi connectivity index (χ4n) is 2.08. The van der Waals surface area contributed by atoms with Crippen molar-refractivity contribution in [3.05, 3.63) is 54.1 Å². The van der Waals surface area contributed by atoms with Gasteiger partial charge >= 0.3 is 0 Å². The van der Waals surface area contributed by atoms with Crippen LogP contribution in [0.1, 0.15) is 10.4 Å². The molecule has 0 aliphatic rings. The van der Waals surface area contributed by atoms with Crippen LogP contribution in [-0.4, -0.2) is 37.7 Å². The summed E-state index contributed by atoms with van der Waals surface area (Å²) in [6.07, 6.45) is 0. The second-order valence-electron chi connectivity index (χ2n) is 5.25. The Morgan fingerprint density at radius 2 is 1.75 bits per heavy atom. The molecule has 1 N–H and O–H groups in total. The fraction of sp³-hybridized carbons (Fsp3) is 0.125. The largest absolute Gasteiger partial charge is 0.298 e. The minimum Gasteiger partial charge on any atom is -0.298 e. The van der Waals surface area contributed by atoms with Crippen LogP contribution >= 0.6 is 11.3 Å². The lowest BCUT2D eigenvalue weighted by Gasteiger charge is -2.11. The van der Waals surface area contributed by atoms with Gasteiger partial charge in [0.25, 0.3) is 5.91 Å². The van der Waals surface area contributed by atoms with Gasteiger partial charge in [-0.2, -0.15) is 0 Å². The molecule has 2 aromatic carbocycles. The van der Waals surface area contributed by atoms with E-state index < -0.39 is 10.0 Å². The number of nitrogens with zero attached hydrogens (tertiary/aromatic N) is 2. The van der Waals surface area contributed by atoms with Crippen molar-refractivity contribution in [2.24, 2.45) is 0 Å². The van der Waals surface area contributed by atoms with Crippen LogP contribution in [0.4, 0.5) is 5.13 Å². The highest BCUT2D eigenvalue weighted by Gasteiger charge is 2.17. The number of amides is 1. The number of benzene rings is 2. The minimum atomic E-state index is -3.50. The molecule has 0 atom stereocenters. The zero-order valence-electron chi connectivity index (χ0n) is 13.1. The van der Waals surface area contributed by atoms with Crippen molar-refractivity contribution in [3.8, 4) is 0 Å². The quantitative estimate of drug-likeness (QED) is 0.775. The molecule has 0 aliphatic carbocycles. The predicted octanol–water partition coefficient (Wildman–Crippen LogP) is 2.80. The summed E-state index contributed by atoms with van der Waals surface area (Å²) in [5.41, 5.74) is 1.19. The molecular formula is C16H15N3O3S2. The number of anilines is 1. The van der Waals surface area contributed by atoms with E-state index in [0.717, 1.165) is 14.5 Å². The van der Waals surface area contributed by atoms with Gasteiger partial charge in [-0.25, -0.2) is 17.7 Å². The number of nitrogens with one attached hydrogen (secondary N) is 1. The summed E-state index contributed by atoms with van der Waals surface area (Å²) < 4.78 is 26.2. The van der Waals surface area contributed by atoms with Gasteiger partial charge in [0.15, 0.2) is 5.13 Å². The molecule has 0 radical (unpaired) electrons. The summed E-state index contributed by atoms with van der Waals surface area (Å²) >= 11 is 1.39. The highest BCUT2D eigenvalue weighted by molar-refractivity contribution is 7.89. The number of aromatic nitrogens is 1. The van der Waals surface area contributed by atoms with Crippen LogP contribution in [0.2, 0.25) is 0 Å². The van der Waals surface area contributed by atoms with E-state index in [0.29, 0.717) is 10.7 Å². The Morgan fingerprint density at radius 3 is 2.38 bits per heavy atom. The molecule has 3 aromatic rings. The molecule has 1 amide bonds. The summed E-state index contributed by atoms with van der Waals surface area (Å²) in [4.78, 5) is 16.8. The van der Waals surface area contributed by atoms with Crippen LogP contribution in [-0.2, 0) is 10.0 Å². The average Bonchev–Trinajstić information content (AvgIpc) is 2.97. The summed E-state index contributed by atoms with van der Waals surface area (Å²) in [7, 11) is -0.581. The molecule has 3 rings (SSSR count). The van der Waals surface area contributed by atoms with Gasteiger partial charge in [0, 0.05) is 19.7 Å². The number of thiazole rings is 1. The van der Waals surface area contributed by atoms with E-state index in [-0.39, 0.29) is 10.8 Å². The Morgan fingerprint density at radius 1 is 1.08 bits per heavy atom. The number of fused-ring (bicyclic) bond motifs is 1. The lowest BCUT2D eigenvalue weighted by Crippen LogP contribution is -2.22. The first-order chi connectivity index (χ1) is 11.4. The van der Waals surface area contributed by atoms with Crippen molar-refractivity contribution in [1.82, 2.24) is 9.29 Å². The number of rotatable bonds is 4. The lowest BCUT2D eigenvalue weighted by molar-refractivity contribution is 0.102. The topological polar surface area (TPSA) is 79.4 Å². The molecule has 0 spiro atoms. The van der Waals surface area contributed by atoms with Crippen LogP contribution in [0.25, 0.3) is 10.2 Å². The van der Waals surface area contributed by atoms with E-state index in [2.05, 4.69) is 10.3 Å². The number of carbonyl (C=O) groups excluding carboxylic acids is 1. The SMILES string of the molecule is CN(C)S(=O)(=O)c1ccc(C(=O)Nc2nc3ccccc3s2)cc1. The lowest BCUT2D eigenvalue weighted by atomic mass is 10.2. The van der Waals surface area contributed by atoms with E-state index in [1.807, 2.05) is 24.3 Å². The van der Waals surface area contributed by atoms with Gasteiger partial charge in [-0.1, -0.05) is 23.5 Å². The van der Waals surface area contributed by atoms with Gasteiger partial charge in [0.05, 0.1) is 15.1 Å². The Bertz CT molecular complexity index is 960. The van der Waals surface area contributed by atoms with E-state index in [4.69, 9.17) is 0 Å². The zero-order chi connectivity index (χ0) is 17.3. The smallest absolute Gasteiger partial charge is 0.257 e. The first-order valence-corrected chi connectivity index (χ1v) is 9.33. The fourth-order valence-corrected chi connectivity index (χ4v) is 3.85. The maximum Gasteiger partial charge on any atom is 0.257 e. The minimum absolute atomic E-state index is 0.143. The first kappa shape index (κ1) is 16.6. The molecule has 0 fully saturated rings. The maximum absolute atomic E-state index is 12.3. The Labute approximate surface area is 143 Å². The van der Waals surface area contributed by atoms with Crippen LogP contribution in [0, 0.1) is 0 Å². The first-order valence-electron chi connectivity index (χ1n) is 7.07. The van der Waals surface area contributed by atoms with Gasteiger partial charge < -0.3 is 0 Å². The molecule has 0 unspecified atom stereocenters. The number of hydrogen-bond acceptors (Lipinski definition) is 5. The van der Waals surface area contributed by atoms with E-state index in [1.54, 1.807) is 0 Å². The molecule has 1 aromatic heterocycles. The van der Waals surface area contributed by atoms with Crippen LogP contribution in [0.3, 0.4) is 0 Å². The molecule has 8 heteroatoms. The second-order valence-corrected chi connectivity index (χ2v) is 8.44. The Balaban J connectivity index is 1.80. The van der Waals surface area contributed by atoms with Gasteiger partial charge in [0.2, 0.25) is 10.0 Å². The second kappa shape index (κ2) is 6.31. The molecule has 0 saturated heterocycles.